The second kappa shape index (κ2) is 4.79. The average Bonchev–Trinajstić information content (AvgIpc) is 2.73. The molecular formula is C12H12O4. The molecule has 2 rings (SSSR count). The molecule has 0 aliphatic carbocycles. The molecule has 0 saturated carbocycles. The maximum atomic E-state index is 11.5. The summed E-state index contributed by atoms with van der Waals surface area (Å²) in [5.74, 6) is -0.607. The summed E-state index contributed by atoms with van der Waals surface area (Å²) in [6.45, 7) is 0.138. The second-order valence-electron chi connectivity index (χ2n) is 3.62. The van der Waals surface area contributed by atoms with Gasteiger partial charge in [-0.1, -0.05) is 18.2 Å². The maximum Gasteiger partial charge on any atom is 0.338 e. The monoisotopic (exact) mass is 220 g/mol. The van der Waals surface area contributed by atoms with Crippen molar-refractivity contribution in [1.29, 1.82) is 0 Å². The zero-order valence-electron chi connectivity index (χ0n) is 8.72. The predicted molar refractivity (Wildman–Crippen MR) is 55.8 cm³/mol. The Bertz CT molecular complexity index is 385. The molecule has 1 fully saturated rings. The molecule has 16 heavy (non-hydrogen) atoms. The Morgan fingerprint density at radius 2 is 2.12 bits per heavy atom. The lowest BCUT2D eigenvalue weighted by atomic mass is 10.2. The van der Waals surface area contributed by atoms with E-state index in [1.807, 2.05) is 6.07 Å². The van der Waals surface area contributed by atoms with Crippen LogP contribution in [0.3, 0.4) is 0 Å². The first-order valence-electron chi connectivity index (χ1n) is 5.17. The molecular weight excluding hydrogens is 208 g/mol. The first-order chi connectivity index (χ1) is 7.75. The summed E-state index contributed by atoms with van der Waals surface area (Å²) >= 11 is 0. The fourth-order valence-electron chi connectivity index (χ4n) is 1.53. The van der Waals surface area contributed by atoms with E-state index in [4.69, 9.17) is 9.47 Å². The maximum absolute atomic E-state index is 11.5. The van der Waals surface area contributed by atoms with Crippen LogP contribution in [0.25, 0.3) is 0 Å². The van der Waals surface area contributed by atoms with E-state index >= 15 is 0 Å². The van der Waals surface area contributed by atoms with Gasteiger partial charge in [-0.05, 0) is 18.6 Å². The Labute approximate surface area is 93.2 Å². The van der Waals surface area contributed by atoms with E-state index in [0.29, 0.717) is 18.4 Å². The molecule has 0 radical (unpaired) electrons. The van der Waals surface area contributed by atoms with Crippen molar-refractivity contribution in [2.45, 2.75) is 18.9 Å². The van der Waals surface area contributed by atoms with Crippen LogP contribution < -0.4 is 0 Å². The van der Waals surface area contributed by atoms with Gasteiger partial charge in [0, 0.05) is 6.42 Å². The van der Waals surface area contributed by atoms with E-state index in [9.17, 15) is 9.59 Å². The van der Waals surface area contributed by atoms with Gasteiger partial charge >= 0.3 is 11.9 Å². The molecule has 1 aliphatic rings. The molecule has 0 unspecified atom stereocenters. The van der Waals surface area contributed by atoms with Crippen molar-refractivity contribution in [3.05, 3.63) is 35.9 Å². The zero-order valence-corrected chi connectivity index (χ0v) is 8.72. The fraction of sp³-hybridized carbons (Fsp3) is 0.333. The molecule has 1 atom stereocenters. The highest BCUT2D eigenvalue weighted by Crippen LogP contribution is 2.14. The number of hydrogen-bond acceptors (Lipinski definition) is 4. The van der Waals surface area contributed by atoms with Gasteiger partial charge in [0.25, 0.3) is 0 Å². The lowest BCUT2D eigenvalue weighted by Crippen LogP contribution is -2.18. The van der Waals surface area contributed by atoms with Crippen LogP contribution in [0, 0.1) is 0 Å². The third-order valence-corrected chi connectivity index (χ3v) is 2.38. The zero-order chi connectivity index (χ0) is 11.4. The number of benzene rings is 1. The molecule has 84 valence electrons. The van der Waals surface area contributed by atoms with Gasteiger partial charge in [-0.2, -0.15) is 0 Å². The Morgan fingerprint density at radius 1 is 1.38 bits per heavy atom. The van der Waals surface area contributed by atoms with Crippen molar-refractivity contribution in [2.24, 2.45) is 0 Å². The highest BCUT2D eigenvalue weighted by atomic mass is 16.6. The Morgan fingerprint density at radius 3 is 2.75 bits per heavy atom. The van der Waals surface area contributed by atoms with Crippen LogP contribution >= 0.6 is 0 Å². The van der Waals surface area contributed by atoms with Crippen molar-refractivity contribution < 1.29 is 19.1 Å². The highest BCUT2D eigenvalue weighted by Gasteiger charge is 2.24. The molecule has 0 amide bonds. The summed E-state index contributed by atoms with van der Waals surface area (Å²) in [5, 5.41) is 0. The minimum absolute atomic E-state index is 0.138. The first-order valence-corrected chi connectivity index (χ1v) is 5.17. The van der Waals surface area contributed by atoms with Gasteiger partial charge in [0.2, 0.25) is 0 Å². The third kappa shape index (κ3) is 2.59. The number of rotatable bonds is 3. The normalized spacial score (nSPS) is 19.2. The molecule has 1 heterocycles. The van der Waals surface area contributed by atoms with Crippen LogP contribution in [0.2, 0.25) is 0 Å². The number of cyclic esters (lactones) is 1. The average molecular weight is 220 g/mol. The molecule has 0 bridgehead atoms. The minimum Gasteiger partial charge on any atom is -0.459 e. The molecule has 0 aromatic heterocycles. The number of esters is 2. The standard InChI is InChI=1S/C12H12O4/c13-11-7-6-10(16-11)8-15-12(14)9-4-2-1-3-5-9/h1-5,10H,6-8H2/t10-/m0/s1. The van der Waals surface area contributed by atoms with Crippen LogP contribution in [0.4, 0.5) is 0 Å². The van der Waals surface area contributed by atoms with Crippen LogP contribution in [0.15, 0.2) is 30.3 Å². The molecule has 1 aliphatic heterocycles. The number of carbonyl (C=O) groups excluding carboxylic acids is 2. The molecule has 0 N–H and O–H groups in total. The molecule has 1 aromatic rings. The Kier molecular flexibility index (Phi) is 3.19. The summed E-state index contributed by atoms with van der Waals surface area (Å²) in [7, 11) is 0. The predicted octanol–water partition coefficient (Wildman–Crippen LogP) is 1.55. The van der Waals surface area contributed by atoms with E-state index in [2.05, 4.69) is 0 Å². The van der Waals surface area contributed by atoms with Crippen molar-refractivity contribution in [1.82, 2.24) is 0 Å². The largest absolute Gasteiger partial charge is 0.459 e. The van der Waals surface area contributed by atoms with E-state index in [1.54, 1.807) is 24.3 Å². The van der Waals surface area contributed by atoms with Crippen LogP contribution in [-0.2, 0) is 14.3 Å². The third-order valence-electron chi connectivity index (χ3n) is 2.38. The van der Waals surface area contributed by atoms with Crippen molar-refractivity contribution in [3.8, 4) is 0 Å². The molecule has 4 heteroatoms. The van der Waals surface area contributed by atoms with Gasteiger partial charge in [-0.25, -0.2) is 4.79 Å². The van der Waals surface area contributed by atoms with Gasteiger partial charge in [0.15, 0.2) is 0 Å². The quantitative estimate of drug-likeness (QED) is 0.725. The fourth-order valence-corrected chi connectivity index (χ4v) is 1.53. The lowest BCUT2D eigenvalue weighted by Gasteiger charge is -2.09. The summed E-state index contributed by atoms with van der Waals surface area (Å²) in [6.07, 6.45) is 0.759. The van der Waals surface area contributed by atoms with Gasteiger partial charge in [0.1, 0.15) is 12.7 Å². The topological polar surface area (TPSA) is 52.6 Å². The van der Waals surface area contributed by atoms with Crippen LogP contribution in [-0.4, -0.2) is 24.6 Å². The smallest absolute Gasteiger partial charge is 0.338 e. The van der Waals surface area contributed by atoms with Crippen molar-refractivity contribution in [2.75, 3.05) is 6.61 Å². The first kappa shape index (κ1) is 10.7. The summed E-state index contributed by atoms with van der Waals surface area (Å²) in [5.41, 5.74) is 0.506. The van der Waals surface area contributed by atoms with Crippen molar-refractivity contribution in [3.63, 3.8) is 0 Å². The SMILES string of the molecule is O=C1CC[C@@H](COC(=O)c2ccccc2)O1. The Balaban J connectivity index is 1.82. The van der Waals surface area contributed by atoms with Gasteiger partial charge in [-0.15, -0.1) is 0 Å². The number of hydrogen-bond donors (Lipinski definition) is 0. The molecule has 1 saturated heterocycles. The Hall–Kier alpha value is -1.84. The van der Waals surface area contributed by atoms with Crippen molar-refractivity contribution >= 4 is 11.9 Å². The molecule has 4 nitrogen and oxygen atoms in total. The van der Waals surface area contributed by atoms with E-state index in [1.165, 1.54) is 0 Å². The van der Waals surface area contributed by atoms with Gasteiger partial charge in [0.05, 0.1) is 5.56 Å². The van der Waals surface area contributed by atoms with E-state index < -0.39 is 0 Å². The number of carbonyl (C=O) groups is 2. The molecule has 1 aromatic carbocycles. The minimum atomic E-state index is -0.386. The van der Waals surface area contributed by atoms with Gasteiger partial charge in [-0.3, -0.25) is 4.79 Å². The highest BCUT2D eigenvalue weighted by molar-refractivity contribution is 5.89. The second-order valence-corrected chi connectivity index (χ2v) is 3.62. The van der Waals surface area contributed by atoms with Gasteiger partial charge < -0.3 is 9.47 Å². The van der Waals surface area contributed by atoms with Crippen LogP contribution in [0.5, 0.6) is 0 Å². The number of ether oxygens (including phenoxy) is 2. The molecule has 0 spiro atoms. The lowest BCUT2D eigenvalue weighted by molar-refractivity contribution is -0.142. The van der Waals surface area contributed by atoms with E-state index in [-0.39, 0.29) is 24.6 Å². The van der Waals surface area contributed by atoms with E-state index in [0.717, 1.165) is 0 Å². The summed E-state index contributed by atoms with van der Waals surface area (Å²) in [4.78, 5) is 22.3. The summed E-state index contributed by atoms with van der Waals surface area (Å²) in [6, 6.07) is 8.74. The van der Waals surface area contributed by atoms with Crippen LogP contribution in [0.1, 0.15) is 23.2 Å². The summed E-state index contributed by atoms with van der Waals surface area (Å²) < 4.78 is 9.98.